The summed E-state index contributed by atoms with van der Waals surface area (Å²) in [4.78, 5) is 121. The molecule has 91 heavy (non-hydrogen) atoms. The van der Waals surface area contributed by atoms with Crippen molar-refractivity contribution in [2.75, 3.05) is 33.0 Å². The molecule has 6 rings (SSSR count). The highest BCUT2D eigenvalue weighted by atomic mass is 16.8. The fraction of sp³-hybridized carbons (Fsp3) is 0.561. The van der Waals surface area contributed by atoms with Crippen LogP contribution in [-0.4, -0.2) is 179 Å². The van der Waals surface area contributed by atoms with Gasteiger partial charge in [-0.25, -0.2) is 14.4 Å². The van der Waals surface area contributed by atoms with E-state index in [2.05, 4.69) is 13.5 Å². The Kier molecular flexibility index (Phi) is 29.9. The van der Waals surface area contributed by atoms with Crippen LogP contribution in [0, 0.1) is 0 Å². The number of ether oxygens (including phenoxy) is 16. The number of benzene rings is 3. The highest BCUT2D eigenvalue weighted by molar-refractivity contribution is 5.90. The Morgan fingerprint density at radius 1 is 0.374 bits per heavy atom. The molecule has 0 N–H and O–H groups in total. The average Bonchev–Trinajstić information content (AvgIpc) is 0.784. The van der Waals surface area contributed by atoms with E-state index in [1.165, 1.54) is 55.3 Å². The monoisotopic (exact) mass is 1280 g/mol. The Morgan fingerprint density at radius 3 is 1.13 bits per heavy atom. The van der Waals surface area contributed by atoms with Crippen molar-refractivity contribution < 1.29 is 119 Å². The Morgan fingerprint density at radius 2 is 0.714 bits per heavy atom. The molecule has 3 aliphatic rings. The smallest absolute Gasteiger partial charge is 0.338 e. The summed E-state index contributed by atoms with van der Waals surface area (Å²) in [7, 11) is 0. The molecule has 3 heterocycles. The quantitative estimate of drug-likeness (QED) is 0.0240. The molecule has 0 aromatic heterocycles. The molecule has 3 aliphatic heterocycles. The van der Waals surface area contributed by atoms with Gasteiger partial charge in [-0.3, -0.25) is 28.8 Å². The first-order valence-corrected chi connectivity index (χ1v) is 30.6. The minimum atomic E-state index is -2.09. The van der Waals surface area contributed by atoms with Crippen molar-refractivity contribution in [1.29, 1.82) is 0 Å². The van der Waals surface area contributed by atoms with Gasteiger partial charge < -0.3 is 75.8 Å². The highest BCUT2D eigenvalue weighted by Crippen LogP contribution is 2.39. The lowest BCUT2D eigenvalue weighted by Gasteiger charge is -2.50. The van der Waals surface area contributed by atoms with E-state index >= 15 is 0 Å². The Labute approximate surface area is 529 Å². The van der Waals surface area contributed by atoms with Gasteiger partial charge in [-0.15, -0.1) is 6.58 Å². The van der Waals surface area contributed by atoms with E-state index in [0.29, 0.717) is 6.42 Å². The van der Waals surface area contributed by atoms with Crippen molar-refractivity contribution >= 4 is 53.7 Å². The number of carbonyl (C=O) groups is 9. The first kappa shape index (κ1) is 72.4. The fourth-order valence-corrected chi connectivity index (χ4v) is 10.5. The van der Waals surface area contributed by atoms with E-state index in [9.17, 15) is 43.2 Å². The lowest BCUT2D eigenvalue weighted by atomic mass is 9.95. The molecule has 3 aromatic carbocycles. The maximum atomic E-state index is 14.6. The number of esters is 9. The standard InChI is InChI=1S/C66H84O25/c1-9-11-12-13-14-15-16-17-18-28-36-77-64-59(89-63(75)48-33-26-21-27-34-48)57(54(88-62(74)47-31-24-20-25-32-47)51(85-64)39-80-61(73)46-29-22-19-23-30-46)91-66-60(84-45(8)72)56(53(82-43(6)70)50(87-66)38-79-41(4)68)90-65-58(83-44(7)71)55(76-35-10-2)52(81-42(5)69)49(86-65)37-78-40(3)67/h10,19-27,29-34,49-60,64-66H,2,9,11-18,28,35-39H2,1,3-8H3/t49-,50-,51-,52-,53-,54-,55+,56+,57+,58-,59-,60-,64-,65+,66-/m1/s1. The molecule has 0 radical (unpaired) electrons. The third kappa shape index (κ3) is 22.9. The summed E-state index contributed by atoms with van der Waals surface area (Å²) in [5.41, 5.74) is 0.221. The van der Waals surface area contributed by atoms with Gasteiger partial charge in [-0.2, -0.15) is 0 Å². The average molecular weight is 1280 g/mol. The predicted molar refractivity (Wildman–Crippen MR) is 317 cm³/mol. The zero-order chi connectivity index (χ0) is 65.8. The highest BCUT2D eigenvalue weighted by Gasteiger charge is 2.60. The van der Waals surface area contributed by atoms with E-state index in [4.69, 9.17) is 75.8 Å². The largest absolute Gasteiger partial charge is 0.463 e. The normalized spacial score (nSPS) is 26.1. The minimum Gasteiger partial charge on any atom is -0.463 e. The minimum absolute atomic E-state index is 0.0118. The van der Waals surface area contributed by atoms with Gasteiger partial charge in [0.25, 0.3) is 0 Å². The number of unbranched alkanes of at least 4 members (excludes halogenated alkanes) is 9. The van der Waals surface area contributed by atoms with E-state index < -0.39 is 166 Å². The first-order valence-electron chi connectivity index (χ1n) is 30.6. The lowest BCUT2D eigenvalue weighted by molar-refractivity contribution is -0.381. The number of hydrogen-bond donors (Lipinski definition) is 0. The second-order valence-electron chi connectivity index (χ2n) is 21.8. The number of hydrogen-bond acceptors (Lipinski definition) is 25. The molecule has 3 fully saturated rings. The van der Waals surface area contributed by atoms with Crippen LogP contribution in [0.1, 0.15) is 144 Å². The predicted octanol–water partition coefficient (Wildman–Crippen LogP) is 7.60. The van der Waals surface area contributed by atoms with Crippen molar-refractivity contribution in [1.82, 2.24) is 0 Å². The second kappa shape index (κ2) is 37.6. The molecule has 0 aliphatic carbocycles. The topological polar surface area (TPSA) is 301 Å². The fourth-order valence-electron chi connectivity index (χ4n) is 10.5. The molecular formula is C66H84O25. The maximum Gasteiger partial charge on any atom is 0.338 e. The van der Waals surface area contributed by atoms with Gasteiger partial charge in [0.05, 0.1) is 23.3 Å². The van der Waals surface area contributed by atoms with Crippen LogP contribution in [0.25, 0.3) is 0 Å². The summed E-state index contributed by atoms with van der Waals surface area (Å²) in [6.45, 7) is 9.95. The van der Waals surface area contributed by atoms with Crippen molar-refractivity contribution in [2.24, 2.45) is 0 Å². The third-order valence-electron chi connectivity index (χ3n) is 14.5. The Bertz CT molecular complexity index is 2820. The SMILES string of the molecule is C=CCO[C@@H]1[C@@H](OC(C)=O)[C@H](O[C@@H]2[C@@H](OC(C)=O)[C@@H](O[C@@H]3[C@@H](OC(=O)c4ccccc4)[C@H](OCCCCCCCCCCCC)O[C@H](COC(=O)c4ccccc4)[C@H]3OC(=O)c3ccccc3)O[C@H](COC(C)=O)[C@H]2OC(C)=O)O[C@H](COC(C)=O)[C@H]1OC(C)=O. The van der Waals surface area contributed by atoms with Gasteiger partial charge in [0.15, 0.2) is 55.5 Å². The molecule has 3 saturated heterocycles. The van der Waals surface area contributed by atoms with E-state index in [0.717, 1.165) is 86.5 Å². The zero-order valence-electron chi connectivity index (χ0n) is 52.4. The van der Waals surface area contributed by atoms with Crippen LogP contribution in [-0.2, 0) is 105 Å². The van der Waals surface area contributed by atoms with Crippen LogP contribution in [0.5, 0.6) is 0 Å². The summed E-state index contributed by atoms with van der Waals surface area (Å²) < 4.78 is 99.1. The molecule has 0 unspecified atom stereocenters. The third-order valence-corrected chi connectivity index (χ3v) is 14.5. The molecule has 25 nitrogen and oxygen atoms in total. The summed E-state index contributed by atoms with van der Waals surface area (Å²) >= 11 is 0. The molecular weight excluding hydrogens is 1190 g/mol. The van der Waals surface area contributed by atoms with Crippen molar-refractivity contribution in [3.63, 3.8) is 0 Å². The van der Waals surface area contributed by atoms with Crippen molar-refractivity contribution in [3.8, 4) is 0 Å². The van der Waals surface area contributed by atoms with Crippen LogP contribution in [0.2, 0.25) is 0 Å². The Hall–Kier alpha value is -7.65. The number of rotatable bonds is 34. The maximum absolute atomic E-state index is 14.6. The van der Waals surface area contributed by atoms with Gasteiger partial charge in [0, 0.05) is 48.1 Å². The lowest BCUT2D eigenvalue weighted by Crippen LogP contribution is -2.69. The summed E-state index contributed by atoms with van der Waals surface area (Å²) in [5.74, 6) is -8.18. The van der Waals surface area contributed by atoms with E-state index in [1.807, 2.05) is 0 Å². The molecule has 15 atom stereocenters. The van der Waals surface area contributed by atoms with E-state index in [-0.39, 0.29) is 29.9 Å². The summed E-state index contributed by atoms with van der Waals surface area (Å²) in [6.07, 6.45) is -15.1. The molecule has 0 amide bonds. The van der Waals surface area contributed by atoms with Gasteiger partial charge in [-0.1, -0.05) is 125 Å². The molecule has 498 valence electrons. The summed E-state index contributed by atoms with van der Waals surface area (Å²) in [6, 6.07) is 23.6. The van der Waals surface area contributed by atoms with Gasteiger partial charge >= 0.3 is 53.7 Å². The first-order chi connectivity index (χ1) is 43.8. The van der Waals surface area contributed by atoms with Gasteiger partial charge in [0.1, 0.15) is 56.4 Å². The Balaban J connectivity index is 1.53. The van der Waals surface area contributed by atoms with Crippen LogP contribution in [0.3, 0.4) is 0 Å². The molecule has 0 spiro atoms. The van der Waals surface area contributed by atoms with Crippen LogP contribution < -0.4 is 0 Å². The van der Waals surface area contributed by atoms with Gasteiger partial charge in [-0.05, 0) is 42.8 Å². The van der Waals surface area contributed by atoms with Crippen LogP contribution >= 0.6 is 0 Å². The van der Waals surface area contributed by atoms with E-state index in [1.54, 1.807) is 54.6 Å². The van der Waals surface area contributed by atoms with Gasteiger partial charge in [0.2, 0.25) is 0 Å². The van der Waals surface area contributed by atoms with Crippen LogP contribution in [0.4, 0.5) is 0 Å². The zero-order valence-corrected chi connectivity index (χ0v) is 52.4. The molecule has 0 saturated carbocycles. The molecule has 0 bridgehead atoms. The van der Waals surface area contributed by atoms with Crippen LogP contribution in [0.15, 0.2) is 104 Å². The summed E-state index contributed by atoms with van der Waals surface area (Å²) in [5, 5.41) is 0. The number of carbonyl (C=O) groups excluding carboxylic acids is 9. The second-order valence-corrected chi connectivity index (χ2v) is 21.8. The molecule has 25 heteroatoms. The molecule has 3 aromatic rings. The van der Waals surface area contributed by atoms with Crippen molar-refractivity contribution in [2.45, 2.75) is 205 Å². The van der Waals surface area contributed by atoms with Crippen molar-refractivity contribution in [3.05, 3.63) is 120 Å².